The molecule has 1 heterocycles. The van der Waals surface area contributed by atoms with E-state index in [1.165, 1.54) is 18.9 Å². The van der Waals surface area contributed by atoms with Crippen LogP contribution in [0.15, 0.2) is 12.1 Å². The maximum Gasteiger partial charge on any atom is 0.347 e. The minimum atomic E-state index is -0.604. The number of hydrogen-bond acceptors (Lipinski definition) is 3. The Labute approximate surface area is 156 Å². The molecule has 4 heteroatoms. The van der Waals surface area contributed by atoms with Crippen molar-refractivity contribution < 1.29 is 18.7 Å². The summed E-state index contributed by atoms with van der Waals surface area (Å²) in [5, 5.41) is 0. The van der Waals surface area contributed by atoms with Gasteiger partial charge < -0.3 is 9.47 Å². The van der Waals surface area contributed by atoms with Crippen LogP contribution in [0.4, 0.5) is 4.39 Å². The van der Waals surface area contributed by atoms with E-state index in [2.05, 4.69) is 6.92 Å². The monoisotopic (exact) mass is 362 g/mol. The first-order chi connectivity index (χ1) is 12.6. The number of halogens is 1. The van der Waals surface area contributed by atoms with E-state index in [9.17, 15) is 9.18 Å². The second-order valence-corrected chi connectivity index (χ2v) is 7.81. The van der Waals surface area contributed by atoms with Crippen LogP contribution in [0.25, 0.3) is 0 Å². The smallest absolute Gasteiger partial charge is 0.347 e. The van der Waals surface area contributed by atoms with Gasteiger partial charge in [-0.2, -0.15) is 0 Å². The summed E-state index contributed by atoms with van der Waals surface area (Å²) in [6.07, 6.45) is 9.08. The fourth-order valence-corrected chi connectivity index (χ4v) is 4.27. The topological polar surface area (TPSA) is 35.5 Å². The van der Waals surface area contributed by atoms with Crippen molar-refractivity contribution in [3.63, 3.8) is 0 Å². The maximum atomic E-state index is 14.2. The molecule has 1 aliphatic carbocycles. The van der Waals surface area contributed by atoms with Gasteiger partial charge in [0.2, 0.25) is 0 Å². The molecule has 26 heavy (non-hydrogen) atoms. The van der Waals surface area contributed by atoms with Gasteiger partial charge in [-0.1, -0.05) is 33.1 Å². The van der Waals surface area contributed by atoms with Gasteiger partial charge in [-0.15, -0.1) is 0 Å². The fraction of sp³-hybridized carbons (Fsp3) is 0.682. The summed E-state index contributed by atoms with van der Waals surface area (Å²) < 4.78 is 25.7. The van der Waals surface area contributed by atoms with Crippen LogP contribution in [0.3, 0.4) is 0 Å². The van der Waals surface area contributed by atoms with Crippen molar-refractivity contribution in [2.24, 2.45) is 5.92 Å². The third kappa shape index (κ3) is 4.57. The van der Waals surface area contributed by atoms with Gasteiger partial charge in [0.1, 0.15) is 17.7 Å². The van der Waals surface area contributed by atoms with Crippen molar-refractivity contribution in [1.82, 2.24) is 0 Å². The Kier molecular flexibility index (Phi) is 6.55. The zero-order valence-corrected chi connectivity index (χ0v) is 16.1. The highest BCUT2D eigenvalue weighted by atomic mass is 19.1. The minimum Gasteiger partial charge on any atom is -0.478 e. The summed E-state index contributed by atoms with van der Waals surface area (Å²) >= 11 is 0. The molecule has 1 fully saturated rings. The molecule has 0 aromatic heterocycles. The number of hydrogen-bond donors (Lipinski definition) is 0. The summed E-state index contributed by atoms with van der Waals surface area (Å²) in [6.45, 7) is 4.26. The molecule has 1 saturated carbocycles. The number of benzene rings is 1. The molecule has 0 spiro atoms. The summed E-state index contributed by atoms with van der Waals surface area (Å²) in [6, 6.07) is 3.33. The predicted octanol–water partition coefficient (Wildman–Crippen LogP) is 5.37. The van der Waals surface area contributed by atoms with Crippen LogP contribution in [0.1, 0.15) is 76.3 Å². The summed E-state index contributed by atoms with van der Waals surface area (Å²) in [5.41, 5.74) is 1.73. The van der Waals surface area contributed by atoms with Crippen molar-refractivity contribution in [1.29, 1.82) is 0 Å². The van der Waals surface area contributed by atoms with Crippen LogP contribution in [0.5, 0.6) is 5.75 Å². The predicted molar refractivity (Wildman–Crippen MR) is 99.9 cm³/mol. The van der Waals surface area contributed by atoms with Gasteiger partial charge in [0, 0.05) is 6.07 Å². The Morgan fingerprint density at radius 2 is 1.92 bits per heavy atom. The van der Waals surface area contributed by atoms with Crippen LogP contribution in [-0.4, -0.2) is 18.2 Å². The standard InChI is InChI=1S/C22H31FO3/c1-3-5-15-7-10-18(11-8-15)25-22(24)20-12-9-17-13-16(6-4-2)19(23)14-21(17)26-20/h13-15,18,20H,3-12H2,1-2H3. The lowest BCUT2D eigenvalue weighted by Crippen LogP contribution is -2.36. The molecule has 0 amide bonds. The second kappa shape index (κ2) is 8.88. The van der Waals surface area contributed by atoms with Crippen LogP contribution >= 0.6 is 0 Å². The third-order valence-corrected chi connectivity index (χ3v) is 5.73. The van der Waals surface area contributed by atoms with Gasteiger partial charge in [0.05, 0.1) is 0 Å². The molecular formula is C22H31FO3. The van der Waals surface area contributed by atoms with Gasteiger partial charge in [-0.25, -0.2) is 9.18 Å². The normalized spacial score (nSPS) is 25.3. The van der Waals surface area contributed by atoms with Crippen molar-refractivity contribution in [2.45, 2.75) is 90.3 Å². The van der Waals surface area contributed by atoms with Gasteiger partial charge in [0.15, 0.2) is 6.10 Å². The van der Waals surface area contributed by atoms with E-state index in [0.717, 1.165) is 62.0 Å². The molecule has 2 aliphatic rings. The van der Waals surface area contributed by atoms with Crippen LogP contribution in [0.2, 0.25) is 0 Å². The van der Waals surface area contributed by atoms with Crippen molar-refractivity contribution in [3.8, 4) is 5.75 Å². The number of carbonyl (C=O) groups excluding carboxylic acids is 1. The highest BCUT2D eigenvalue weighted by Crippen LogP contribution is 2.33. The molecular weight excluding hydrogens is 331 g/mol. The Hall–Kier alpha value is -1.58. The lowest BCUT2D eigenvalue weighted by molar-refractivity contribution is -0.160. The number of fused-ring (bicyclic) bond motifs is 1. The van der Waals surface area contributed by atoms with Crippen molar-refractivity contribution in [3.05, 3.63) is 29.1 Å². The maximum absolute atomic E-state index is 14.2. The van der Waals surface area contributed by atoms with Gasteiger partial charge in [-0.3, -0.25) is 0 Å². The molecule has 1 atom stereocenters. The molecule has 0 bridgehead atoms. The quantitative estimate of drug-likeness (QED) is 0.638. The average Bonchev–Trinajstić information content (AvgIpc) is 2.64. The third-order valence-electron chi connectivity index (χ3n) is 5.73. The number of rotatable bonds is 6. The zero-order valence-electron chi connectivity index (χ0n) is 16.1. The van der Waals surface area contributed by atoms with E-state index >= 15 is 0 Å². The van der Waals surface area contributed by atoms with E-state index in [-0.39, 0.29) is 17.9 Å². The first-order valence-electron chi connectivity index (χ1n) is 10.3. The summed E-state index contributed by atoms with van der Waals surface area (Å²) in [7, 11) is 0. The molecule has 3 rings (SSSR count). The van der Waals surface area contributed by atoms with Crippen LogP contribution < -0.4 is 4.74 Å². The molecule has 1 unspecified atom stereocenters. The average molecular weight is 362 g/mol. The molecule has 1 aliphatic heterocycles. The van der Waals surface area contributed by atoms with Crippen molar-refractivity contribution >= 4 is 5.97 Å². The highest BCUT2D eigenvalue weighted by Gasteiger charge is 2.31. The molecule has 1 aromatic carbocycles. The highest BCUT2D eigenvalue weighted by molar-refractivity contribution is 5.76. The number of ether oxygens (including phenoxy) is 2. The molecule has 0 N–H and O–H groups in total. The molecule has 1 aromatic rings. The molecule has 0 saturated heterocycles. The number of esters is 1. The minimum absolute atomic E-state index is 0.0178. The first kappa shape index (κ1) is 19.2. The lowest BCUT2D eigenvalue weighted by atomic mass is 9.85. The number of carbonyl (C=O) groups is 1. The molecule has 144 valence electrons. The van der Waals surface area contributed by atoms with Gasteiger partial charge >= 0.3 is 5.97 Å². The van der Waals surface area contributed by atoms with E-state index in [1.54, 1.807) is 0 Å². The second-order valence-electron chi connectivity index (χ2n) is 7.81. The van der Waals surface area contributed by atoms with Gasteiger partial charge in [0.25, 0.3) is 0 Å². The van der Waals surface area contributed by atoms with E-state index in [4.69, 9.17) is 9.47 Å². The molecule has 3 nitrogen and oxygen atoms in total. The van der Waals surface area contributed by atoms with Crippen LogP contribution in [-0.2, 0) is 22.4 Å². The van der Waals surface area contributed by atoms with Gasteiger partial charge in [-0.05, 0) is 68.1 Å². The van der Waals surface area contributed by atoms with E-state index < -0.39 is 6.10 Å². The largest absolute Gasteiger partial charge is 0.478 e. The Morgan fingerprint density at radius 1 is 1.15 bits per heavy atom. The number of aryl methyl sites for hydroxylation is 2. The molecule has 0 radical (unpaired) electrons. The Balaban J connectivity index is 1.55. The van der Waals surface area contributed by atoms with E-state index in [1.807, 2.05) is 13.0 Å². The summed E-state index contributed by atoms with van der Waals surface area (Å²) in [4.78, 5) is 12.5. The SMILES string of the molecule is CCCc1cc2c(cc1F)OC(C(=O)OC1CCC(CCC)CC1)CC2. The van der Waals surface area contributed by atoms with Crippen molar-refractivity contribution in [2.75, 3.05) is 0 Å². The Morgan fingerprint density at radius 3 is 2.62 bits per heavy atom. The van der Waals surface area contributed by atoms with Crippen LogP contribution in [0, 0.1) is 11.7 Å². The lowest BCUT2D eigenvalue weighted by Gasteiger charge is -2.30. The Bertz CT molecular complexity index is 620. The van der Waals surface area contributed by atoms with E-state index in [0.29, 0.717) is 12.2 Å². The summed E-state index contributed by atoms with van der Waals surface area (Å²) in [5.74, 6) is 0.761. The fourth-order valence-electron chi connectivity index (χ4n) is 4.27. The first-order valence-corrected chi connectivity index (χ1v) is 10.3. The zero-order chi connectivity index (χ0) is 18.5.